The number of thiophene rings is 1. The van der Waals surface area contributed by atoms with E-state index in [1.165, 1.54) is 11.6 Å². The predicted octanol–water partition coefficient (Wildman–Crippen LogP) is 4.45. The molecule has 0 spiro atoms. The van der Waals surface area contributed by atoms with Crippen LogP contribution in [0.5, 0.6) is 5.75 Å². The van der Waals surface area contributed by atoms with Crippen molar-refractivity contribution in [3.8, 4) is 5.75 Å². The number of hydrogen-bond acceptors (Lipinski definition) is 6. The average Bonchev–Trinajstić information content (AvgIpc) is 3.10. The minimum atomic E-state index is -0.169. The van der Waals surface area contributed by atoms with E-state index in [1.54, 1.807) is 37.0 Å². The summed E-state index contributed by atoms with van der Waals surface area (Å²) in [5, 5.41) is 6.73. The molecule has 0 radical (unpaired) electrons. The van der Waals surface area contributed by atoms with Crippen molar-refractivity contribution in [1.82, 2.24) is 15.3 Å². The summed E-state index contributed by atoms with van der Waals surface area (Å²) in [5.41, 5.74) is 1.16. The summed E-state index contributed by atoms with van der Waals surface area (Å²) in [6.07, 6.45) is 6.25. The molecule has 1 saturated heterocycles. The van der Waals surface area contributed by atoms with Gasteiger partial charge in [0.1, 0.15) is 12.1 Å². The number of aromatic nitrogens is 2. The van der Waals surface area contributed by atoms with E-state index in [9.17, 15) is 4.39 Å². The smallest absolute Gasteiger partial charge is 0.179 e. The van der Waals surface area contributed by atoms with E-state index < -0.39 is 0 Å². The van der Waals surface area contributed by atoms with Gasteiger partial charge in [0.2, 0.25) is 0 Å². The molecule has 0 bridgehead atoms. The molecule has 8 heteroatoms. The Bertz CT molecular complexity index is 969. The summed E-state index contributed by atoms with van der Waals surface area (Å²) in [6, 6.07) is 5.06. The summed E-state index contributed by atoms with van der Waals surface area (Å²) >= 11 is 1.69. The first-order valence-corrected chi connectivity index (χ1v) is 10.5. The number of rotatable bonds is 6. The molecule has 0 amide bonds. The number of ether oxygens (including phenoxy) is 1. The van der Waals surface area contributed by atoms with Crippen molar-refractivity contribution >= 4 is 39.6 Å². The first-order chi connectivity index (χ1) is 13.6. The van der Waals surface area contributed by atoms with Gasteiger partial charge < -0.3 is 15.0 Å². The van der Waals surface area contributed by atoms with Gasteiger partial charge in [-0.3, -0.25) is 0 Å². The van der Waals surface area contributed by atoms with Crippen molar-refractivity contribution in [2.45, 2.75) is 31.7 Å². The van der Waals surface area contributed by atoms with Crippen LogP contribution in [0.25, 0.3) is 10.1 Å². The molecule has 0 aliphatic carbocycles. The Morgan fingerprint density at radius 3 is 3.07 bits per heavy atom. The lowest BCUT2D eigenvalue weighted by Gasteiger charge is -2.46. The molecule has 1 fully saturated rings. The molecule has 156 valence electrons. The van der Waals surface area contributed by atoms with Crippen LogP contribution in [-0.2, 0) is 6.42 Å². The van der Waals surface area contributed by atoms with Crippen molar-refractivity contribution in [1.29, 1.82) is 0 Å². The Labute approximate surface area is 180 Å². The zero-order valence-corrected chi connectivity index (χ0v) is 18.3. The van der Waals surface area contributed by atoms with Crippen LogP contribution in [0.3, 0.4) is 0 Å². The first kappa shape index (κ1) is 21.7. The van der Waals surface area contributed by atoms with Gasteiger partial charge in [0.05, 0.1) is 18.8 Å². The van der Waals surface area contributed by atoms with E-state index >= 15 is 0 Å². The molecular weight excluding hydrogens is 411 g/mol. The van der Waals surface area contributed by atoms with Crippen LogP contribution in [0.2, 0.25) is 0 Å². The van der Waals surface area contributed by atoms with Crippen LogP contribution in [0.4, 0.5) is 10.2 Å². The maximum Gasteiger partial charge on any atom is 0.179 e. The monoisotopic (exact) mass is 436 g/mol. The van der Waals surface area contributed by atoms with Crippen molar-refractivity contribution in [2.75, 3.05) is 31.6 Å². The van der Waals surface area contributed by atoms with Crippen LogP contribution in [0.15, 0.2) is 36.1 Å². The number of halogens is 2. The Morgan fingerprint density at radius 2 is 2.24 bits per heavy atom. The minimum absolute atomic E-state index is 0. The third kappa shape index (κ3) is 4.47. The number of anilines is 1. The highest BCUT2D eigenvalue weighted by atomic mass is 35.5. The zero-order valence-electron chi connectivity index (χ0n) is 16.7. The van der Waals surface area contributed by atoms with E-state index in [0.717, 1.165) is 54.8 Å². The van der Waals surface area contributed by atoms with Gasteiger partial charge >= 0.3 is 0 Å². The van der Waals surface area contributed by atoms with Crippen LogP contribution < -0.4 is 15.0 Å². The Balaban J connectivity index is 0.00000240. The second kappa shape index (κ2) is 9.24. The standard InChI is InChI=1S/C21H25FN4OS.ClH/c1-21(7-3-4-15-12-28-19-6-5-16(22)10-17(15)19)13-23-8-9-26(21)20-18(27-2)11-24-14-25-20;/h5-6,10-12,14,23H,3-4,7-9,13H2,1-2H3;1H. The van der Waals surface area contributed by atoms with E-state index in [0.29, 0.717) is 5.75 Å². The minimum Gasteiger partial charge on any atom is -0.491 e. The molecule has 1 atom stereocenters. The average molecular weight is 437 g/mol. The molecule has 1 N–H and O–H groups in total. The van der Waals surface area contributed by atoms with Crippen molar-refractivity contribution < 1.29 is 9.13 Å². The van der Waals surface area contributed by atoms with Gasteiger partial charge in [-0.25, -0.2) is 14.4 Å². The summed E-state index contributed by atoms with van der Waals surface area (Å²) in [7, 11) is 1.66. The van der Waals surface area contributed by atoms with Gasteiger partial charge in [-0.15, -0.1) is 23.7 Å². The fourth-order valence-corrected chi connectivity index (χ4v) is 5.04. The van der Waals surface area contributed by atoms with Gasteiger partial charge in [-0.1, -0.05) is 0 Å². The SMILES string of the molecule is COc1cncnc1N1CCNCC1(C)CCCc1csc2ccc(F)cc12.Cl. The lowest BCUT2D eigenvalue weighted by molar-refractivity contribution is 0.316. The Kier molecular flexibility index (Phi) is 6.93. The number of nitrogens with one attached hydrogen (secondary N) is 1. The van der Waals surface area contributed by atoms with Gasteiger partial charge in [0.15, 0.2) is 11.6 Å². The lowest BCUT2D eigenvalue weighted by Crippen LogP contribution is -2.60. The molecule has 1 aliphatic heterocycles. The van der Waals surface area contributed by atoms with Gasteiger partial charge in [0, 0.05) is 24.3 Å². The van der Waals surface area contributed by atoms with Gasteiger partial charge in [-0.05, 0) is 60.7 Å². The van der Waals surface area contributed by atoms with Crippen LogP contribution >= 0.6 is 23.7 Å². The molecule has 1 aromatic carbocycles. The molecule has 29 heavy (non-hydrogen) atoms. The van der Waals surface area contributed by atoms with Crippen molar-refractivity contribution in [3.05, 3.63) is 47.5 Å². The second-order valence-electron chi connectivity index (χ2n) is 7.50. The van der Waals surface area contributed by atoms with E-state index in [-0.39, 0.29) is 23.8 Å². The number of piperazine rings is 1. The molecule has 3 heterocycles. The summed E-state index contributed by atoms with van der Waals surface area (Å²) < 4.78 is 20.3. The molecular formula is C21H26ClFN4OS. The van der Waals surface area contributed by atoms with Gasteiger partial charge in [-0.2, -0.15) is 0 Å². The number of aryl methyl sites for hydroxylation is 1. The fourth-order valence-electron chi connectivity index (χ4n) is 4.06. The topological polar surface area (TPSA) is 50.3 Å². The number of fused-ring (bicyclic) bond motifs is 1. The van der Waals surface area contributed by atoms with E-state index in [2.05, 4.69) is 32.5 Å². The fraction of sp³-hybridized carbons (Fsp3) is 0.429. The van der Waals surface area contributed by atoms with E-state index in [1.807, 2.05) is 6.07 Å². The number of benzene rings is 1. The Hall–Kier alpha value is -1.96. The van der Waals surface area contributed by atoms with Gasteiger partial charge in [0.25, 0.3) is 0 Å². The molecule has 1 aliphatic rings. The van der Waals surface area contributed by atoms with Crippen molar-refractivity contribution in [2.24, 2.45) is 0 Å². The van der Waals surface area contributed by atoms with Crippen LogP contribution in [0, 0.1) is 5.82 Å². The maximum atomic E-state index is 13.6. The van der Waals surface area contributed by atoms with E-state index in [4.69, 9.17) is 4.74 Å². The molecule has 1 unspecified atom stereocenters. The third-order valence-electron chi connectivity index (χ3n) is 5.58. The molecule has 5 nitrogen and oxygen atoms in total. The number of hydrogen-bond donors (Lipinski definition) is 1. The van der Waals surface area contributed by atoms with Crippen LogP contribution in [-0.4, -0.2) is 42.3 Å². The summed E-state index contributed by atoms with van der Waals surface area (Å²) in [4.78, 5) is 10.9. The molecule has 2 aromatic heterocycles. The summed E-state index contributed by atoms with van der Waals surface area (Å²) in [6.45, 7) is 4.94. The number of methoxy groups -OCH3 is 1. The lowest BCUT2D eigenvalue weighted by atomic mass is 9.89. The first-order valence-electron chi connectivity index (χ1n) is 9.59. The Morgan fingerprint density at radius 1 is 1.38 bits per heavy atom. The molecule has 3 aromatic rings. The van der Waals surface area contributed by atoms with Crippen molar-refractivity contribution in [3.63, 3.8) is 0 Å². The molecule has 0 saturated carbocycles. The molecule has 4 rings (SSSR count). The number of nitrogens with zero attached hydrogens (tertiary/aromatic N) is 3. The normalized spacial score (nSPS) is 19.2. The second-order valence-corrected chi connectivity index (χ2v) is 8.41. The highest BCUT2D eigenvalue weighted by Crippen LogP contribution is 2.34. The summed E-state index contributed by atoms with van der Waals surface area (Å²) in [5.74, 6) is 1.39. The zero-order chi connectivity index (χ0) is 19.6. The maximum absolute atomic E-state index is 13.6. The third-order valence-corrected chi connectivity index (χ3v) is 6.59. The largest absolute Gasteiger partial charge is 0.491 e. The van der Waals surface area contributed by atoms with Crippen LogP contribution in [0.1, 0.15) is 25.3 Å². The highest BCUT2D eigenvalue weighted by Gasteiger charge is 2.36. The highest BCUT2D eigenvalue weighted by molar-refractivity contribution is 7.17. The predicted molar refractivity (Wildman–Crippen MR) is 119 cm³/mol. The quantitative estimate of drug-likeness (QED) is 0.618.